The Kier molecular flexibility index (Phi) is 5.65. The first-order valence-electron chi connectivity index (χ1n) is 9.60. The zero-order valence-electron chi connectivity index (χ0n) is 16.0. The monoisotopic (exact) mass is 412 g/mol. The highest BCUT2D eigenvalue weighted by Crippen LogP contribution is 2.25. The predicted molar refractivity (Wildman–Crippen MR) is 107 cm³/mol. The van der Waals surface area contributed by atoms with E-state index in [2.05, 4.69) is 15.5 Å². The van der Waals surface area contributed by atoms with Crippen molar-refractivity contribution < 1.29 is 18.0 Å². The molecule has 3 aromatic rings. The molecule has 1 atom stereocenters. The molecule has 1 amide bonds. The van der Waals surface area contributed by atoms with E-state index in [9.17, 15) is 18.0 Å². The summed E-state index contributed by atoms with van der Waals surface area (Å²) < 4.78 is 40.2. The number of nitrogens with one attached hydrogen (secondary N) is 1. The molecule has 0 spiro atoms. The van der Waals surface area contributed by atoms with Gasteiger partial charge >= 0.3 is 0 Å². The quantitative estimate of drug-likeness (QED) is 0.690. The molecule has 30 heavy (non-hydrogen) atoms. The van der Waals surface area contributed by atoms with Crippen molar-refractivity contribution in [3.8, 4) is 11.3 Å². The summed E-state index contributed by atoms with van der Waals surface area (Å²) >= 11 is 0. The molecule has 1 N–H and O–H groups in total. The predicted octanol–water partition coefficient (Wildman–Crippen LogP) is 4.42. The molecular formula is C22H19F3N4O. The highest BCUT2D eigenvalue weighted by molar-refractivity contribution is 5.93. The molecule has 1 aliphatic heterocycles. The van der Waals surface area contributed by atoms with E-state index in [-0.39, 0.29) is 23.3 Å². The van der Waals surface area contributed by atoms with Crippen molar-refractivity contribution in [2.75, 3.05) is 23.3 Å². The van der Waals surface area contributed by atoms with Crippen LogP contribution in [0, 0.1) is 23.4 Å². The molecule has 154 valence electrons. The zero-order chi connectivity index (χ0) is 21.1. The lowest BCUT2D eigenvalue weighted by Crippen LogP contribution is -2.41. The fourth-order valence-corrected chi connectivity index (χ4v) is 3.50. The van der Waals surface area contributed by atoms with E-state index in [0.29, 0.717) is 31.0 Å². The highest BCUT2D eigenvalue weighted by Gasteiger charge is 2.27. The van der Waals surface area contributed by atoms with E-state index in [1.807, 2.05) is 4.90 Å². The number of halogens is 3. The Morgan fingerprint density at radius 3 is 2.47 bits per heavy atom. The normalized spacial score (nSPS) is 16.4. The lowest BCUT2D eigenvalue weighted by molar-refractivity contribution is -0.120. The number of aromatic nitrogens is 2. The smallest absolute Gasteiger partial charge is 0.229 e. The topological polar surface area (TPSA) is 58.1 Å². The molecule has 0 aliphatic carbocycles. The van der Waals surface area contributed by atoms with Crippen LogP contribution in [0.4, 0.5) is 24.7 Å². The van der Waals surface area contributed by atoms with Crippen LogP contribution in [0.2, 0.25) is 0 Å². The van der Waals surface area contributed by atoms with Crippen LogP contribution in [0.3, 0.4) is 0 Å². The van der Waals surface area contributed by atoms with Gasteiger partial charge in [0.1, 0.15) is 17.5 Å². The standard InChI is InChI=1S/C22H19F3N4O/c23-16-5-3-14(4-6-16)19-9-10-21(28-27-19)29-11-1-2-15(13-29)22(30)26-20-12-17(24)7-8-18(20)25/h3-10,12,15H,1-2,11,13H2,(H,26,30)/t15-/m0/s1. The Morgan fingerprint density at radius 2 is 1.73 bits per heavy atom. The Morgan fingerprint density at radius 1 is 0.967 bits per heavy atom. The van der Waals surface area contributed by atoms with E-state index in [0.717, 1.165) is 30.2 Å². The third-order valence-corrected chi connectivity index (χ3v) is 5.09. The Bertz CT molecular complexity index is 1040. The number of piperidine rings is 1. The summed E-state index contributed by atoms with van der Waals surface area (Å²) in [6.45, 7) is 1.11. The lowest BCUT2D eigenvalue weighted by atomic mass is 9.97. The molecule has 0 unspecified atom stereocenters. The third-order valence-electron chi connectivity index (χ3n) is 5.09. The number of rotatable bonds is 4. The van der Waals surface area contributed by atoms with Gasteiger partial charge in [-0.3, -0.25) is 4.79 Å². The zero-order valence-corrected chi connectivity index (χ0v) is 16.0. The summed E-state index contributed by atoms with van der Waals surface area (Å²) in [6.07, 6.45) is 1.39. The number of amides is 1. The van der Waals surface area contributed by atoms with Gasteiger partial charge in [-0.15, -0.1) is 10.2 Å². The van der Waals surface area contributed by atoms with Crippen molar-refractivity contribution in [2.45, 2.75) is 12.8 Å². The molecule has 5 nitrogen and oxygen atoms in total. The van der Waals surface area contributed by atoms with Gasteiger partial charge in [-0.1, -0.05) is 0 Å². The lowest BCUT2D eigenvalue weighted by Gasteiger charge is -2.32. The van der Waals surface area contributed by atoms with Crippen molar-refractivity contribution in [2.24, 2.45) is 5.92 Å². The maximum Gasteiger partial charge on any atom is 0.229 e. The maximum absolute atomic E-state index is 13.8. The molecule has 1 aromatic heterocycles. The van der Waals surface area contributed by atoms with Crippen LogP contribution in [-0.2, 0) is 4.79 Å². The summed E-state index contributed by atoms with van der Waals surface area (Å²) in [6, 6.07) is 12.5. The van der Waals surface area contributed by atoms with Crippen LogP contribution >= 0.6 is 0 Å². The van der Waals surface area contributed by atoms with Gasteiger partial charge in [0, 0.05) is 24.7 Å². The van der Waals surface area contributed by atoms with Crippen molar-refractivity contribution >= 4 is 17.4 Å². The minimum absolute atomic E-state index is 0.166. The second kappa shape index (κ2) is 8.52. The van der Waals surface area contributed by atoms with Crippen LogP contribution < -0.4 is 10.2 Å². The van der Waals surface area contributed by atoms with Crippen LogP contribution in [0.25, 0.3) is 11.3 Å². The Labute approximate surface area is 171 Å². The van der Waals surface area contributed by atoms with Crippen molar-refractivity contribution in [3.63, 3.8) is 0 Å². The molecule has 2 heterocycles. The van der Waals surface area contributed by atoms with Gasteiger partial charge in [0.15, 0.2) is 5.82 Å². The molecule has 0 bridgehead atoms. The number of hydrogen-bond donors (Lipinski definition) is 1. The molecule has 4 rings (SSSR count). The summed E-state index contributed by atoms with van der Waals surface area (Å²) in [5.41, 5.74) is 1.20. The first kappa shape index (κ1) is 19.9. The molecule has 8 heteroatoms. The number of carbonyl (C=O) groups is 1. The van der Waals surface area contributed by atoms with E-state index in [1.54, 1.807) is 24.3 Å². The molecular weight excluding hydrogens is 393 g/mol. The molecule has 1 fully saturated rings. The maximum atomic E-state index is 13.8. The summed E-state index contributed by atoms with van der Waals surface area (Å²) in [5.74, 6) is -1.75. The van der Waals surface area contributed by atoms with Crippen LogP contribution in [0.15, 0.2) is 54.6 Å². The number of nitrogens with zero attached hydrogens (tertiary/aromatic N) is 3. The molecule has 1 saturated heterocycles. The Balaban J connectivity index is 1.43. The van der Waals surface area contributed by atoms with Gasteiger partial charge < -0.3 is 10.2 Å². The van der Waals surface area contributed by atoms with Gasteiger partial charge in [0.2, 0.25) is 5.91 Å². The third kappa shape index (κ3) is 4.42. The minimum Gasteiger partial charge on any atom is -0.354 e. The van der Waals surface area contributed by atoms with E-state index < -0.39 is 11.6 Å². The molecule has 2 aromatic carbocycles. The first-order valence-corrected chi connectivity index (χ1v) is 9.60. The van der Waals surface area contributed by atoms with Gasteiger partial charge in [0.05, 0.1) is 17.3 Å². The van der Waals surface area contributed by atoms with Gasteiger partial charge in [0.25, 0.3) is 0 Å². The first-order chi connectivity index (χ1) is 14.5. The number of anilines is 2. The number of benzene rings is 2. The Hall–Kier alpha value is -3.42. The molecule has 0 radical (unpaired) electrons. The second-order valence-electron chi connectivity index (χ2n) is 7.18. The van der Waals surface area contributed by atoms with E-state index in [4.69, 9.17) is 0 Å². The van der Waals surface area contributed by atoms with Gasteiger partial charge in [-0.2, -0.15) is 0 Å². The largest absolute Gasteiger partial charge is 0.354 e. The second-order valence-corrected chi connectivity index (χ2v) is 7.18. The van der Waals surface area contributed by atoms with Crippen LogP contribution in [0.5, 0.6) is 0 Å². The summed E-state index contributed by atoms with van der Waals surface area (Å²) in [4.78, 5) is 14.5. The SMILES string of the molecule is O=C(Nc1cc(F)ccc1F)[C@H]1CCCN(c2ccc(-c3ccc(F)cc3)nn2)C1. The summed E-state index contributed by atoms with van der Waals surface area (Å²) in [5, 5.41) is 10.9. The molecule has 1 aliphatic rings. The van der Waals surface area contributed by atoms with Crippen molar-refractivity contribution in [1.82, 2.24) is 10.2 Å². The number of hydrogen-bond acceptors (Lipinski definition) is 4. The number of carbonyl (C=O) groups excluding carboxylic acids is 1. The van der Waals surface area contributed by atoms with Crippen molar-refractivity contribution in [1.29, 1.82) is 0 Å². The van der Waals surface area contributed by atoms with Gasteiger partial charge in [-0.05, 0) is 61.4 Å². The van der Waals surface area contributed by atoms with Crippen molar-refractivity contribution in [3.05, 3.63) is 72.0 Å². The molecule has 0 saturated carbocycles. The van der Waals surface area contributed by atoms with E-state index in [1.165, 1.54) is 12.1 Å². The minimum atomic E-state index is -0.681. The fraction of sp³-hybridized carbons (Fsp3) is 0.227. The van der Waals surface area contributed by atoms with Crippen LogP contribution in [0.1, 0.15) is 12.8 Å². The van der Waals surface area contributed by atoms with Gasteiger partial charge in [-0.25, -0.2) is 13.2 Å². The summed E-state index contributed by atoms with van der Waals surface area (Å²) in [7, 11) is 0. The van der Waals surface area contributed by atoms with E-state index >= 15 is 0 Å². The fourth-order valence-electron chi connectivity index (χ4n) is 3.50. The van der Waals surface area contributed by atoms with Crippen LogP contribution in [-0.4, -0.2) is 29.2 Å². The highest BCUT2D eigenvalue weighted by atomic mass is 19.1. The average Bonchev–Trinajstić information content (AvgIpc) is 2.77. The average molecular weight is 412 g/mol.